The summed E-state index contributed by atoms with van der Waals surface area (Å²) in [6, 6.07) is 10.3. The zero-order chi connectivity index (χ0) is 20.3. The number of H-pyrrole nitrogens is 1. The minimum atomic E-state index is 0.0346. The fourth-order valence-corrected chi connectivity index (χ4v) is 4.84. The van der Waals surface area contributed by atoms with Crippen molar-refractivity contribution in [3.05, 3.63) is 59.8 Å². The number of nitrogens with two attached hydrogens (primary N) is 1. The van der Waals surface area contributed by atoms with Crippen molar-refractivity contribution < 1.29 is 9.39 Å². The molecule has 6 rings (SSSR count). The normalized spacial score (nSPS) is 26.4. The third kappa shape index (κ3) is 2.69. The first-order chi connectivity index (χ1) is 14.6. The van der Waals surface area contributed by atoms with Crippen LogP contribution in [0.1, 0.15) is 31.4 Å². The summed E-state index contributed by atoms with van der Waals surface area (Å²) in [5, 5.41) is 1.14. The molecule has 4 heterocycles. The lowest BCUT2D eigenvalue weighted by atomic mass is 9.92. The van der Waals surface area contributed by atoms with Gasteiger partial charge in [-0.25, -0.2) is 0 Å². The Balaban J connectivity index is 1.33. The topological polar surface area (TPSA) is 86.8 Å². The highest BCUT2D eigenvalue weighted by molar-refractivity contribution is 6.02. The second-order valence-electron chi connectivity index (χ2n) is 8.70. The number of aliphatic imine (C=N–C) groups is 2. The van der Waals surface area contributed by atoms with Gasteiger partial charge in [0.25, 0.3) is 5.84 Å². The lowest BCUT2D eigenvalue weighted by Gasteiger charge is -2.32. The maximum atomic E-state index is 12.4. The summed E-state index contributed by atoms with van der Waals surface area (Å²) in [6.07, 6.45) is 9.41. The number of amides is 1. The van der Waals surface area contributed by atoms with Crippen molar-refractivity contribution in [1.29, 1.82) is 0 Å². The fourth-order valence-electron chi connectivity index (χ4n) is 4.84. The Morgan fingerprint density at radius 3 is 2.73 bits per heavy atom. The summed E-state index contributed by atoms with van der Waals surface area (Å²) in [7, 11) is 0. The number of nitrogens with zero attached hydrogens (tertiary/aromatic N) is 4. The van der Waals surface area contributed by atoms with Gasteiger partial charge in [-0.15, -0.1) is 4.59 Å². The van der Waals surface area contributed by atoms with Gasteiger partial charge in [-0.05, 0) is 37.8 Å². The van der Waals surface area contributed by atoms with Crippen LogP contribution in [0, 0.1) is 11.8 Å². The highest BCUT2D eigenvalue weighted by atomic mass is 16.2. The van der Waals surface area contributed by atoms with E-state index in [0.29, 0.717) is 5.91 Å². The predicted molar refractivity (Wildman–Crippen MR) is 116 cm³/mol. The Labute approximate surface area is 174 Å². The molecule has 1 amide bonds. The van der Waals surface area contributed by atoms with Crippen LogP contribution < -0.4 is 5.84 Å². The van der Waals surface area contributed by atoms with Gasteiger partial charge in [-0.2, -0.15) is 10.8 Å². The highest BCUT2D eigenvalue weighted by Gasteiger charge is 2.47. The Morgan fingerprint density at radius 2 is 1.97 bits per heavy atom. The van der Waals surface area contributed by atoms with Gasteiger partial charge in [0.1, 0.15) is 17.6 Å². The SMILES string of the molecule is N[N+]12C=CN=CC1=C(C1CCN(C(=O)C3CC3)CC1)N=C2c1cc2ccccc2[nH]1. The van der Waals surface area contributed by atoms with Gasteiger partial charge in [0.15, 0.2) is 0 Å². The zero-order valence-corrected chi connectivity index (χ0v) is 16.8. The highest BCUT2D eigenvalue weighted by Crippen LogP contribution is 2.39. The average molecular weight is 401 g/mol. The van der Waals surface area contributed by atoms with E-state index in [1.54, 1.807) is 6.20 Å². The number of carbonyl (C=O) groups is 1. The number of likely N-dealkylation sites (tertiary alicyclic amines) is 1. The Morgan fingerprint density at radius 1 is 1.17 bits per heavy atom. The van der Waals surface area contributed by atoms with Crippen molar-refractivity contribution in [1.82, 2.24) is 9.88 Å². The molecule has 2 fully saturated rings. The van der Waals surface area contributed by atoms with Gasteiger partial charge in [0, 0.05) is 35.8 Å². The number of piperidine rings is 1. The van der Waals surface area contributed by atoms with E-state index in [2.05, 4.69) is 28.2 Å². The maximum absolute atomic E-state index is 12.4. The Bertz CT molecular complexity index is 1130. The van der Waals surface area contributed by atoms with E-state index < -0.39 is 0 Å². The van der Waals surface area contributed by atoms with E-state index >= 15 is 0 Å². The quantitative estimate of drug-likeness (QED) is 0.612. The van der Waals surface area contributed by atoms with E-state index in [9.17, 15) is 4.79 Å². The number of nitrogens with one attached hydrogen (secondary N) is 1. The third-order valence-corrected chi connectivity index (χ3v) is 6.71. The molecule has 1 saturated carbocycles. The fraction of sp³-hybridized carbons (Fsp3) is 0.348. The number of carbonyl (C=O) groups excluding carboxylic acids is 1. The smallest absolute Gasteiger partial charge is 0.281 e. The molecule has 1 unspecified atom stereocenters. The van der Waals surface area contributed by atoms with Crippen LogP contribution in [-0.4, -0.2) is 45.5 Å². The Hall–Kier alpha value is -3.03. The molecule has 3 N–H and O–H groups in total. The first kappa shape index (κ1) is 17.8. The van der Waals surface area contributed by atoms with Crippen LogP contribution in [0.3, 0.4) is 0 Å². The molecule has 7 heteroatoms. The molecule has 1 aromatic heterocycles. The lowest BCUT2D eigenvalue weighted by Crippen LogP contribution is -2.53. The molecule has 4 aliphatic rings. The molecule has 0 radical (unpaired) electrons. The number of benzene rings is 1. The first-order valence-corrected chi connectivity index (χ1v) is 10.7. The summed E-state index contributed by atoms with van der Waals surface area (Å²) < 4.78 is 0.0346. The van der Waals surface area contributed by atoms with Gasteiger partial charge in [-0.3, -0.25) is 9.79 Å². The van der Waals surface area contributed by atoms with Crippen molar-refractivity contribution in [2.24, 2.45) is 27.7 Å². The van der Waals surface area contributed by atoms with Crippen LogP contribution in [0.5, 0.6) is 0 Å². The summed E-state index contributed by atoms with van der Waals surface area (Å²) in [4.78, 5) is 27.4. The van der Waals surface area contributed by atoms with Gasteiger partial charge in [0.05, 0.1) is 12.4 Å². The van der Waals surface area contributed by atoms with Gasteiger partial charge < -0.3 is 9.88 Å². The molecule has 7 nitrogen and oxygen atoms in total. The van der Waals surface area contributed by atoms with E-state index in [4.69, 9.17) is 10.8 Å². The molecular formula is C23H25N6O+. The molecule has 30 heavy (non-hydrogen) atoms. The van der Waals surface area contributed by atoms with Crippen molar-refractivity contribution in [2.45, 2.75) is 25.7 Å². The standard InChI is InChI=1S/C23H25N6O/c24-29-12-9-25-14-20(29)21(15-7-10-28(11-8-15)23(30)16-5-6-16)27-22(29)19-13-17-3-1-2-4-18(17)26-19/h1-4,9,12-16,26H,5-8,10-11,24H2/q+1. The molecule has 0 spiro atoms. The number of amidine groups is 1. The molecule has 1 saturated heterocycles. The van der Waals surface area contributed by atoms with Crippen molar-refractivity contribution in [3.8, 4) is 0 Å². The molecule has 2 aromatic rings. The second kappa shape index (κ2) is 6.48. The molecule has 1 atom stereocenters. The number of fused-ring (bicyclic) bond motifs is 2. The number of allylic oxidation sites excluding steroid dienone is 2. The average Bonchev–Trinajstić information content (AvgIpc) is 3.45. The Kier molecular flexibility index (Phi) is 3.85. The molecule has 152 valence electrons. The van der Waals surface area contributed by atoms with Gasteiger partial charge in [0.2, 0.25) is 11.6 Å². The first-order valence-electron chi connectivity index (χ1n) is 10.7. The number of hydrogen-bond acceptors (Lipinski definition) is 4. The second-order valence-corrected chi connectivity index (χ2v) is 8.70. The van der Waals surface area contributed by atoms with E-state index in [0.717, 1.165) is 72.6 Å². The maximum Gasteiger partial charge on any atom is 0.281 e. The van der Waals surface area contributed by atoms with Crippen molar-refractivity contribution in [2.75, 3.05) is 13.1 Å². The third-order valence-electron chi connectivity index (χ3n) is 6.71. The van der Waals surface area contributed by atoms with Crippen LogP contribution >= 0.6 is 0 Å². The van der Waals surface area contributed by atoms with E-state index in [1.165, 1.54) is 0 Å². The number of aromatic amines is 1. The summed E-state index contributed by atoms with van der Waals surface area (Å²) >= 11 is 0. The number of para-hydroxylation sites is 1. The number of aromatic nitrogens is 1. The van der Waals surface area contributed by atoms with Crippen LogP contribution in [0.15, 0.2) is 64.1 Å². The van der Waals surface area contributed by atoms with E-state index in [-0.39, 0.29) is 16.4 Å². The van der Waals surface area contributed by atoms with Crippen molar-refractivity contribution in [3.63, 3.8) is 0 Å². The van der Waals surface area contributed by atoms with Gasteiger partial charge in [-0.1, -0.05) is 18.2 Å². The monoisotopic (exact) mass is 401 g/mol. The number of hydrogen-bond donors (Lipinski definition) is 2. The van der Waals surface area contributed by atoms with Crippen LogP contribution in [0.25, 0.3) is 10.9 Å². The minimum Gasteiger partial charge on any atom is -0.349 e. The van der Waals surface area contributed by atoms with Crippen LogP contribution in [0.4, 0.5) is 0 Å². The minimum absolute atomic E-state index is 0.0346. The number of rotatable bonds is 3. The number of quaternary nitrogens is 1. The van der Waals surface area contributed by atoms with Crippen LogP contribution in [-0.2, 0) is 4.79 Å². The molecule has 0 bridgehead atoms. The molecule has 1 aromatic carbocycles. The summed E-state index contributed by atoms with van der Waals surface area (Å²) in [6.45, 7) is 1.59. The summed E-state index contributed by atoms with van der Waals surface area (Å²) in [5.41, 5.74) is 3.93. The molecule has 3 aliphatic heterocycles. The van der Waals surface area contributed by atoms with E-state index in [1.807, 2.05) is 29.4 Å². The van der Waals surface area contributed by atoms with Crippen molar-refractivity contribution >= 4 is 28.9 Å². The molecule has 1 aliphatic carbocycles. The summed E-state index contributed by atoms with van der Waals surface area (Å²) in [5.74, 6) is 8.56. The predicted octanol–water partition coefficient (Wildman–Crippen LogP) is 3.03. The zero-order valence-electron chi connectivity index (χ0n) is 16.8. The molecular weight excluding hydrogens is 376 g/mol. The van der Waals surface area contributed by atoms with Gasteiger partial charge >= 0.3 is 0 Å². The largest absolute Gasteiger partial charge is 0.349 e. The van der Waals surface area contributed by atoms with Crippen LogP contribution in [0.2, 0.25) is 0 Å². The lowest BCUT2D eigenvalue weighted by molar-refractivity contribution is -0.750.